The Labute approximate surface area is 159 Å². The average Bonchev–Trinajstić information content (AvgIpc) is 2.59. The molecule has 2 rings (SSSR count). The maximum Gasteiger partial charge on any atom is 0.410 e. The van der Waals surface area contributed by atoms with Gasteiger partial charge in [0.1, 0.15) is 28.6 Å². The molecule has 0 atom stereocenters. The van der Waals surface area contributed by atoms with Gasteiger partial charge in [-0.15, -0.1) is 12.6 Å². The smallest absolute Gasteiger partial charge is 0.410 e. The molecule has 0 N–H and O–H groups in total. The number of pyridine rings is 1. The summed E-state index contributed by atoms with van der Waals surface area (Å²) in [5.41, 5.74) is 0.893. The van der Waals surface area contributed by atoms with Gasteiger partial charge in [0.15, 0.2) is 0 Å². The van der Waals surface area contributed by atoms with Gasteiger partial charge in [0.05, 0.1) is 11.1 Å². The Kier molecular flexibility index (Phi) is 5.99. The minimum absolute atomic E-state index is 0.327. The third kappa shape index (κ3) is 4.20. The summed E-state index contributed by atoms with van der Waals surface area (Å²) in [6.45, 7) is 9.42. The summed E-state index contributed by atoms with van der Waals surface area (Å²) in [6.07, 6.45) is 0.210. The van der Waals surface area contributed by atoms with Crippen molar-refractivity contribution in [3.05, 3.63) is 16.7 Å². The topological polar surface area (TPSA) is 93.2 Å². The number of anilines is 1. The standard InChI is InChI=1S/C18H23N5O2S/c1-5-12-13(10-19)15(21-16(26)14(12)11-20)22-6-8-23(9-7-22)17(24)25-18(2,3)4/h5-9H2,1-4H3,(H,21,26). The predicted molar refractivity (Wildman–Crippen MR) is 100 cm³/mol. The predicted octanol–water partition coefficient (Wildman–Crippen LogP) is 2.73. The highest BCUT2D eigenvalue weighted by Gasteiger charge is 2.28. The maximum atomic E-state index is 12.2. The molecule has 0 radical (unpaired) electrons. The molecular formula is C18H23N5O2S. The Morgan fingerprint density at radius 2 is 1.77 bits per heavy atom. The molecule has 0 spiro atoms. The van der Waals surface area contributed by atoms with Crippen LogP contribution in [0.2, 0.25) is 0 Å². The maximum absolute atomic E-state index is 12.2. The summed E-state index contributed by atoms with van der Waals surface area (Å²) in [5.74, 6) is 0.525. The lowest BCUT2D eigenvalue weighted by Crippen LogP contribution is -2.50. The van der Waals surface area contributed by atoms with E-state index in [1.165, 1.54) is 0 Å². The van der Waals surface area contributed by atoms with E-state index in [9.17, 15) is 15.3 Å². The van der Waals surface area contributed by atoms with E-state index in [0.29, 0.717) is 60.1 Å². The van der Waals surface area contributed by atoms with Gasteiger partial charge in [0.25, 0.3) is 0 Å². The first-order valence-electron chi connectivity index (χ1n) is 8.50. The molecule has 1 aromatic rings. The van der Waals surface area contributed by atoms with Gasteiger partial charge in [-0.25, -0.2) is 9.78 Å². The van der Waals surface area contributed by atoms with Crippen molar-refractivity contribution in [2.75, 3.05) is 31.1 Å². The molecule has 1 amide bonds. The molecule has 7 nitrogen and oxygen atoms in total. The van der Waals surface area contributed by atoms with Gasteiger partial charge in [-0.05, 0) is 32.8 Å². The van der Waals surface area contributed by atoms with Crippen molar-refractivity contribution >= 4 is 24.5 Å². The van der Waals surface area contributed by atoms with E-state index in [1.54, 1.807) is 4.90 Å². The minimum atomic E-state index is -0.534. The normalized spacial score (nSPS) is 14.6. The summed E-state index contributed by atoms with van der Waals surface area (Å²) >= 11 is 4.32. The summed E-state index contributed by atoms with van der Waals surface area (Å²) in [7, 11) is 0. The van der Waals surface area contributed by atoms with Crippen LogP contribution in [-0.2, 0) is 11.2 Å². The lowest BCUT2D eigenvalue weighted by Gasteiger charge is -2.36. The lowest BCUT2D eigenvalue weighted by molar-refractivity contribution is 0.0240. The SMILES string of the molecule is CCc1c(C#N)c(S)nc(N2CCN(C(=O)OC(C)(C)C)CC2)c1C#N. The van der Waals surface area contributed by atoms with Crippen LogP contribution in [-0.4, -0.2) is 47.8 Å². The van der Waals surface area contributed by atoms with Gasteiger partial charge in [-0.3, -0.25) is 0 Å². The number of hydrogen-bond acceptors (Lipinski definition) is 7. The highest BCUT2D eigenvalue weighted by molar-refractivity contribution is 7.80. The van der Waals surface area contributed by atoms with Crippen LogP contribution in [0.5, 0.6) is 0 Å². The number of carbonyl (C=O) groups excluding carboxylic acids is 1. The summed E-state index contributed by atoms with van der Waals surface area (Å²) in [6, 6.07) is 4.27. The first-order chi connectivity index (χ1) is 12.2. The molecule has 1 fully saturated rings. The van der Waals surface area contributed by atoms with Crippen LogP contribution >= 0.6 is 12.6 Å². The molecule has 1 aliphatic rings. The zero-order valence-electron chi connectivity index (χ0n) is 15.5. The molecule has 138 valence electrons. The van der Waals surface area contributed by atoms with E-state index in [-0.39, 0.29) is 6.09 Å². The first-order valence-corrected chi connectivity index (χ1v) is 8.95. The fraction of sp³-hybridized carbons (Fsp3) is 0.556. The molecule has 26 heavy (non-hydrogen) atoms. The second-order valence-corrected chi connectivity index (χ2v) is 7.44. The van der Waals surface area contributed by atoms with Crippen molar-refractivity contribution in [3.8, 4) is 12.1 Å². The highest BCUT2D eigenvalue weighted by atomic mass is 32.1. The largest absolute Gasteiger partial charge is 0.444 e. The summed E-state index contributed by atoms with van der Waals surface area (Å²) in [5, 5.41) is 19.3. The molecule has 0 saturated carbocycles. The van der Waals surface area contributed by atoms with Crippen LogP contribution in [0.15, 0.2) is 5.03 Å². The fourth-order valence-corrected chi connectivity index (χ4v) is 3.13. The van der Waals surface area contributed by atoms with Crippen LogP contribution in [0.4, 0.5) is 10.6 Å². The molecule has 1 saturated heterocycles. The van der Waals surface area contributed by atoms with Gasteiger partial charge < -0.3 is 14.5 Å². The number of ether oxygens (including phenoxy) is 1. The molecule has 0 bridgehead atoms. The Morgan fingerprint density at radius 1 is 1.19 bits per heavy atom. The van der Waals surface area contributed by atoms with Gasteiger partial charge in [0.2, 0.25) is 0 Å². The van der Waals surface area contributed by atoms with E-state index in [1.807, 2.05) is 32.6 Å². The number of hydrogen-bond donors (Lipinski definition) is 1. The Morgan fingerprint density at radius 3 is 2.23 bits per heavy atom. The van der Waals surface area contributed by atoms with Crippen LogP contribution in [0, 0.1) is 22.7 Å². The van der Waals surface area contributed by atoms with Crippen molar-refractivity contribution < 1.29 is 9.53 Å². The van der Waals surface area contributed by atoms with E-state index in [0.717, 1.165) is 0 Å². The van der Waals surface area contributed by atoms with Gasteiger partial charge in [-0.2, -0.15) is 10.5 Å². The fourth-order valence-electron chi connectivity index (χ4n) is 2.85. The van der Waals surface area contributed by atoms with E-state index in [2.05, 4.69) is 29.8 Å². The second kappa shape index (κ2) is 7.84. The molecule has 2 heterocycles. The van der Waals surface area contributed by atoms with Crippen molar-refractivity contribution in [2.45, 2.75) is 44.7 Å². The van der Waals surface area contributed by atoms with Crippen LogP contribution in [0.1, 0.15) is 44.4 Å². The number of rotatable bonds is 2. The number of carbonyl (C=O) groups is 1. The Bertz CT molecular complexity index is 781. The average molecular weight is 373 g/mol. The lowest BCUT2D eigenvalue weighted by atomic mass is 10.0. The Balaban J connectivity index is 2.23. The molecular weight excluding hydrogens is 350 g/mol. The van der Waals surface area contributed by atoms with Crippen molar-refractivity contribution in [3.63, 3.8) is 0 Å². The summed E-state index contributed by atoms with van der Waals surface area (Å²) in [4.78, 5) is 20.2. The van der Waals surface area contributed by atoms with E-state index >= 15 is 0 Å². The van der Waals surface area contributed by atoms with Crippen LogP contribution < -0.4 is 4.90 Å². The summed E-state index contributed by atoms with van der Waals surface area (Å²) < 4.78 is 5.40. The molecule has 0 unspecified atom stereocenters. The molecule has 0 aliphatic carbocycles. The van der Waals surface area contributed by atoms with E-state index < -0.39 is 5.60 Å². The number of nitriles is 2. The highest BCUT2D eigenvalue weighted by Crippen LogP contribution is 2.29. The molecule has 0 aromatic carbocycles. The Hall–Kier alpha value is -2.45. The molecule has 1 aliphatic heterocycles. The van der Waals surface area contributed by atoms with Crippen LogP contribution in [0.25, 0.3) is 0 Å². The third-order valence-corrected chi connectivity index (χ3v) is 4.39. The van der Waals surface area contributed by atoms with Crippen molar-refractivity contribution in [1.29, 1.82) is 10.5 Å². The van der Waals surface area contributed by atoms with Gasteiger partial charge in [0, 0.05) is 26.2 Å². The quantitative estimate of drug-likeness (QED) is 0.801. The van der Waals surface area contributed by atoms with Crippen LogP contribution in [0.3, 0.4) is 0 Å². The minimum Gasteiger partial charge on any atom is -0.444 e. The molecule has 8 heteroatoms. The molecule has 1 aromatic heterocycles. The monoisotopic (exact) mass is 373 g/mol. The zero-order valence-corrected chi connectivity index (χ0v) is 16.4. The number of thiol groups is 1. The third-order valence-electron chi connectivity index (χ3n) is 4.07. The van der Waals surface area contributed by atoms with Gasteiger partial charge >= 0.3 is 6.09 Å². The number of piperazine rings is 1. The zero-order chi connectivity index (χ0) is 19.5. The van der Waals surface area contributed by atoms with Crippen molar-refractivity contribution in [1.82, 2.24) is 9.88 Å². The van der Waals surface area contributed by atoms with E-state index in [4.69, 9.17) is 4.74 Å². The number of amides is 1. The van der Waals surface area contributed by atoms with Crippen molar-refractivity contribution in [2.24, 2.45) is 0 Å². The second-order valence-electron chi connectivity index (χ2n) is 7.02. The first kappa shape index (κ1) is 19.9. The number of aromatic nitrogens is 1. The number of nitrogens with zero attached hydrogens (tertiary/aromatic N) is 5. The van der Waals surface area contributed by atoms with Gasteiger partial charge in [-0.1, -0.05) is 6.92 Å².